The minimum Gasteiger partial charge on any atom is -0.372 e. The van der Waals surface area contributed by atoms with Crippen LogP contribution in [0.4, 0.5) is 11.4 Å². The summed E-state index contributed by atoms with van der Waals surface area (Å²) in [7, 11) is 0. The Kier molecular flexibility index (Phi) is 8.44. The predicted octanol–water partition coefficient (Wildman–Crippen LogP) is 7.65. The molecule has 4 rings (SSSR count). The zero-order valence-corrected chi connectivity index (χ0v) is 21.2. The second-order valence-corrected chi connectivity index (χ2v) is 10.3. The van der Waals surface area contributed by atoms with Crippen molar-refractivity contribution >= 4 is 93.3 Å². The molecule has 1 fully saturated rings. The first-order valence-corrected chi connectivity index (χ1v) is 11.7. The fraction of sp³-hybridized carbons (Fsp3) is 0.130. The van der Waals surface area contributed by atoms with Crippen molar-refractivity contribution in [3.05, 3.63) is 92.4 Å². The fourth-order valence-corrected chi connectivity index (χ4v) is 5.22. The largest absolute Gasteiger partial charge is 0.372 e. The van der Waals surface area contributed by atoms with Crippen molar-refractivity contribution < 1.29 is 9.59 Å². The van der Waals surface area contributed by atoms with Gasteiger partial charge in [-0.2, -0.15) is 0 Å². The summed E-state index contributed by atoms with van der Waals surface area (Å²) in [6.45, 7) is 0. The Balaban J connectivity index is 0.000000968. The molecule has 2 atom stereocenters. The molecule has 4 nitrogen and oxygen atoms in total. The van der Waals surface area contributed by atoms with Gasteiger partial charge in [-0.25, -0.2) is 0 Å². The maximum Gasteiger partial charge on any atom is 0.238 e. The zero-order valence-electron chi connectivity index (χ0n) is 16.7. The average Bonchev–Trinajstić information content (AvgIpc) is 3.31. The van der Waals surface area contributed by atoms with Gasteiger partial charge in [0.15, 0.2) is 0 Å². The van der Waals surface area contributed by atoms with Crippen molar-refractivity contribution in [3.8, 4) is 0 Å². The first-order chi connectivity index (χ1) is 15.6. The molecule has 0 bridgehead atoms. The lowest BCUT2D eigenvalue weighted by Crippen LogP contribution is -2.29. The van der Waals surface area contributed by atoms with E-state index in [1.807, 2.05) is 0 Å². The number of anilines is 2. The van der Waals surface area contributed by atoms with Gasteiger partial charge in [0.1, 0.15) is 4.33 Å². The number of carbonyl (C=O) groups is 2. The van der Waals surface area contributed by atoms with Crippen LogP contribution in [0.1, 0.15) is 11.5 Å². The fourth-order valence-electron chi connectivity index (χ4n) is 3.55. The van der Waals surface area contributed by atoms with Crippen LogP contribution in [0.25, 0.3) is 0 Å². The predicted molar refractivity (Wildman–Crippen MR) is 137 cm³/mol. The van der Waals surface area contributed by atoms with Gasteiger partial charge in [0, 0.05) is 31.7 Å². The van der Waals surface area contributed by atoms with Crippen LogP contribution in [0.3, 0.4) is 0 Å². The van der Waals surface area contributed by atoms with E-state index in [1.54, 1.807) is 71.6 Å². The van der Waals surface area contributed by atoms with Gasteiger partial charge in [-0.3, -0.25) is 14.5 Å². The summed E-state index contributed by atoms with van der Waals surface area (Å²) in [4.78, 5) is 23.8. The van der Waals surface area contributed by atoms with E-state index in [-0.39, 0.29) is 12.3 Å². The van der Waals surface area contributed by atoms with Crippen LogP contribution in [0, 0.1) is 5.92 Å². The Morgan fingerprint density at radius 2 is 1.39 bits per heavy atom. The third-order valence-corrected chi connectivity index (χ3v) is 6.80. The Hall–Kier alpha value is -1.66. The minimum absolute atomic E-state index is 0.250. The molecule has 1 aliphatic rings. The van der Waals surface area contributed by atoms with Crippen molar-refractivity contribution in [1.29, 1.82) is 0 Å². The molecule has 1 aliphatic carbocycles. The Morgan fingerprint density at radius 1 is 0.818 bits per heavy atom. The summed E-state index contributed by atoms with van der Waals surface area (Å²) < 4.78 is -1.30. The summed E-state index contributed by atoms with van der Waals surface area (Å²) in [6, 6.07) is 18.9. The molecule has 0 aliphatic heterocycles. The van der Waals surface area contributed by atoms with E-state index in [0.29, 0.717) is 37.0 Å². The molecule has 0 spiro atoms. The summed E-state index contributed by atoms with van der Waals surface area (Å²) in [5.41, 5.74) is 6.08. The van der Waals surface area contributed by atoms with Crippen LogP contribution in [-0.4, -0.2) is 16.7 Å². The van der Waals surface area contributed by atoms with Crippen molar-refractivity contribution in [2.24, 2.45) is 11.7 Å². The Labute approximate surface area is 221 Å². The number of hydrogen-bond donors (Lipinski definition) is 1. The lowest BCUT2D eigenvalue weighted by atomic mass is 10.1. The Bertz CT molecular complexity index is 1150. The van der Waals surface area contributed by atoms with E-state index < -0.39 is 16.2 Å². The third-order valence-electron chi connectivity index (χ3n) is 4.94. The molecule has 1 saturated carbocycles. The topological polar surface area (TPSA) is 63.4 Å². The molecule has 3 aromatic carbocycles. The van der Waals surface area contributed by atoms with Gasteiger partial charge in [-0.1, -0.05) is 52.5 Å². The summed E-state index contributed by atoms with van der Waals surface area (Å²) in [5.74, 6) is -1.44. The van der Waals surface area contributed by atoms with E-state index >= 15 is 0 Å². The molecule has 172 valence electrons. The SMILES string of the molecule is NC=O.O=C([C@H]1[C@H](c2cc(Cl)cc(Cl)c2)C1(Cl)Cl)N(c1ccc(Cl)cc1)c1cccc(Cl)c1. The van der Waals surface area contributed by atoms with Crippen LogP contribution in [0.2, 0.25) is 20.1 Å². The summed E-state index contributed by atoms with van der Waals surface area (Å²) >= 11 is 37.6. The monoisotopic (exact) mass is 562 g/mol. The molecule has 0 unspecified atom stereocenters. The number of halogens is 6. The van der Waals surface area contributed by atoms with Gasteiger partial charge in [0.05, 0.1) is 11.6 Å². The van der Waals surface area contributed by atoms with Gasteiger partial charge in [0.25, 0.3) is 0 Å². The minimum atomic E-state index is -1.30. The number of hydrogen-bond acceptors (Lipinski definition) is 2. The quantitative estimate of drug-likeness (QED) is 0.261. The summed E-state index contributed by atoms with van der Waals surface area (Å²) in [5, 5.41) is 1.95. The van der Waals surface area contributed by atoms with Crippen LogP contribution in [0.5, 0.6) is 0 Å². The van der Waals surface area contributed by atoms with Crippen molar-refractivity contribution in [2.75, 3.05) is 4.90 Å². The number of benzene rings is 3. The van der Waals surface area contributed by atoms with Crippen molar-refractivity contribution in [1.82, 2.24) is 0 Å². The maximum atomic E-state index is 13.7. The molecule has 0 aromatic heterocycles. The molecule has 0 radical (unpaired) electrons. The van der Waals surface area contributed by atoms with Gasteiger partial charge in [0.2, 0.25) is 12.3 Å². The second-order valence-electron chi connectivity index (χ2n) is 7.10. The number of nitrogens with zero attached hydrogens (tertiary/aromatic N) is 1. The Morgan fingerprint density at radius 3 is 1.94 bits per heavy atom. The van der Waals surface area contributed by atoms with Crippen molar-refractivity contribution in [3.63, 3.8) is 0 Å². The van der Waals surface area contributed by atoms with Gasteiger partial charge < -0.3 is 5.73 Å². The van der Waals surface area contributed by atoms with E-state index in [4.69, 9.17) is 74.4 Å². The molecule has 2 amide bonds. The van der Waals surface area contributed by atoms with E-state index in [1.165, 1.54) is 0 Å². The van der Waals surface area contributed by atoms with Crippen molar-refractivity contribution in [2.45, 2.75) is 10.3 Å². The third kappa shape index (κ3) is 5.89. The normalized spacial score (nSPS) is 18.0. The maximum absolute atomic E-state index is 13.7. The molecule has 10 heteroatoms. The van der Waals surface area contributed by atoms with Crippen LogP contribution >= 0.6 is 69.6 Å². The van der Waals surface area contributed by atoms with Gasteiger partial charge in [-0.15, -0.1) is 23.2 Å². The average molecular weight is 565 g/mol. The lowest BCUT2D eigenvalue weighted by molar-refractivity contribution is -0.119. The van der Waals surface area contributed by atoms with E-state index in [9.17, 15) is 4.79 Å². The first kappa shape index (κ1) is 26.0. The molecular weight excluding hydrogens is 549 g/mol. The van der Waals surface area contributed by atoms with E-state index in [2.05, 4.69) is 5.73 Å². The van der Waals surface area contributed by atoms with Crippen LogP contribution < -0.4 is 10.6 Å². The highest BCUT2D eigenvalue weighted by molar-refractivity contribution is 6.54. The number of amides is 2. The molecule has 0 heterocycles. The van der Waals surface area contributed by atoms with Crippen LogP contribution in [0.15, 0.2) is 66.7 Å². The number of primary amides is 1. The highest BCUT2D eigenvalue weighted by Gasteiger charge is 2.68. The highest BCUT2D eigenvalue weighted by atomic mass is 35.5. The van der Waals surface area contributed by atoms with Crippen LogP contribution in [-0.2, 0) is 9.59 Å². The first-order valence-electron chi connectivity index (χ1n) is 9.44. The molecule has 3 aromatic rings. The number of nitrogens with two attached hydrogens (primary N) is 1. The number of rotatable bonds is 4. The molecule has 0 saturated heterocycles. The second kappa shape index (κ2) is 10.7. The molecule has 2 N–H and O–H groups in total. The number of alkyl halides is 2. The molecule has 33 heavy (non-hydrogen) atoms. The zero-order chi connectivity index (χ0) is 24.3. The molecular formula is C23H16Cl6N2O2. The highest BCUT2D eigenvalue weighted by Crippen LogP contribution is 2.66. The van der Waals surface area contributed by atoms with Gasteiger partial charge >= 0.3 is 0 Å². The number of carbonyl (C=O) groups excluding carboxylic acids is 2. The van der Waals surface area contributed by atoms with Gasteiger partial charge in [-0.05, 0) is 66.2 Å². The summed E-state index contributed by atoms with van der Waals surface area (Å²) in [6.07, 6.45) is 0.250. The standard InChI is InChI=1S/C22H13Cl6NO.CH3NO/c23-13-4-6-17(7-5-13)29(18-3-1-2-14(24)11-18)21(30)20-19(22(20,27)28)12-8-15(25)10-16(26)9-12;2-1-3/h1-11,19-20H;1H,(H2,2,3)/t19-,20+;/m0./s1. The smallest absolute Gasteiger partial charge is 0.238 e. The van der Waals surface area contributed by atoms with E-state index in [0.717, 1.165) is 0 Å². The lowest BCUT2D eigenvalue weighted by Gasteiger charge is -2.24.